The highest BCUT2D eigenvalue weighted by Gasteiger charge is 2.09. The molecule has 18 heavy (non-hydrogen) atoms. The van der Waals surface area contributed by atoms with E-state index in [9.17, 15) is 9.59 Å². The van der Waals surface area contributed by atoms with Crippen LogP contribution in [0, 0.1) is 0 Å². The summed E-state index contributed by atoms with van der Waals surface area (Å²) in [6.45, 7) is 5.29. The number of hydrogen-bond donors (Lipinski definition) is 0. The smallest absolute Gasteiger partial charge is 0.333 e. The van der Waals surface area contributed by atoms with Crippen molar-refractivity contribution in [2.24, 2.45) is 7.05 Å². The predicted octanol–water partition coefficient (Wildman–Crippen LogP) is 1.94. The van der Waals surface area contributed by atoms with Gasteiger partial charge in [0.2, 0.25) is 0 Å². The standard InChI is InChI=1S/C12H16N2O3S/c1-9(2)11(16)17-8-4-5-10(15)18-12-13-6-7-14(12)3/h6-7H,1,4-5,8H2,2-3H3. The van der Waals surface area contributed by atoms with Gasteiger partial charge in [-0.3, -0.25) is 4.79 Å². The van der Waals surface area contributed by atoms with Crippen molar-refractivity contribution in [2.75, 3.05) is 6.61 Å². The van der Waals surface area contributed by atoms with E-state index in [1.165, 1.54) is 0 Å². The van der Waals surface area contributed by atoms with Crippen molar-refractivity contribution in [1.82, 2.24) is 9.55 Å². The van der Waals surface area contributed by atoms with Crippen LogP contribution in [-0.2, 0) is 21.4 Å². The van der Waals surface area contributed by atoms with Crippen molar-refractivity contribution in [3.8, 4) is 0 Å². The number of thioether (sulfide) groups is 1. The largest absolute Gasteiger partial charge is 0.462 e. The molecule has 0 aromatic carbocycles. The number of esters is 1. The van der Waals surface area contributed by atoms with E-state index in [1.54, 1.807) is 23.9 Å². The van der Waals surface area contributed by atoms with Gasteiger partial charge in [-0.15, -0.1) is 0 Å². The number of hydrogen-bond acceptors (Lipinski definition) is 5. The number of aryl methyl sites for hydroxylation is 1. The fourth-order valence-corrected chi connectivity index (χ4v) is 1.88. The number of rotatable bonds is 6. The maximum Gasteiger partial charge on any atom is 0.333 e. The number of ether oxygens (including phenoxy) is 1. The van der Waals surface area contributed by atoms with Crippen molar-refractivity contribution in [3.05, 3.63) is 24.5 Å². The lowest BCUT2D eigenvalue weighted by Crippen LogP contribution is -2.07. The lowest BCUT2D eigenvalue weighted by atomic mass is 10.3. The van der Waals surface area contributed by atoms with Crippen LogP contribution in [0.2, 0.25) is 0 Å². The molecule has 0 saturated heterocycles. The Morgan fingerprint density at radius 3 is 2.83 bits per heavy atom. The van der Waals surface area contributed by atoms with Gasteiger partial charge in [-0.1, -0.05) is 6.58 Å². The molecule has 0 aliphatic heterocycles. The summed E-state index contributed by atoms with van der Waals surface area (Å²) in [5.74, 6) is -0.417. The lowest BCUT2D eigenvalue weighted by Gasteiger charge is -2.03. The van der Waals surface area contributed by atoms with Crippen molar-refractivity contribution < 1.29 is 14.3 Å². The molecule has 5 nitrogen and oxygen atoms in total. The average molecular weight is 268 g/mol. The average Bonchev–Trinajstić information content (AvgIpc) is 2.70. The highest BCUT2D eigenvalue weighted by Crippen LogP contribution is 2.17. The number of imidazole rings is 1. The van der Waals surface area contributed by atoms with E-state index in [2.05, 4.69) is 11.6 Å². The van der Waals surface area contributed by atoms with Crippen LogP contribution >= 0.6 is 11.8 Å². The zero-order valence-corrected chi connectivity index (χ0v) is 11.3. The molecule has 0 amide bonds. The molecule has 6 heteroatoms. The van der Waals surface area contributed by atoms with Crippen LogP contribution in [0.5, 0.6) is 0 Å². The van der Waals surface area contributed by atoms with Gasteiger partial charge in [-0.2, -0.15) is 0 Å². The molecular formula is C12H16N2O3S. The van der Waals surface area contributed by atoms with Gasteiger partial charge in [0.1, 0.15) is 0 Å². The molecule has 1 heterocycles. The maximum absolute atomic E-state index is 11.6. The van der Waals surface area contributed by atoms with Crippen LogP contribution in [-0.4, -0.2) is 27.2 Å². The topological polar surface area (TPSA) is 61.2 Å². The van der Waals surface area contributed by atoms with E-state index < -0.39 is 5.97 Å². The van der Waals surface area contributed by atoms with Crippen LogP contribution in [0.3, 0.4) is 0 Å². The summed E-state index contributed by atoms with van der Waals surface area (Å²) in [5.41, 5.74) is 0.365. The molecule has 1 rings (SSSR count). The van der Waals surface area contributed by atoms with Gasteiger partial charge in [0.25, 0.3) is 0 Å². The molecule has 0 radical (unpaired) electrons. The maximum atomic E-state index is 11.6. The monoisotopic (exact) mass is 268 g/mol. The third kappa shape index (κ3) is 4.75. The van der Waals surface area contributed by atoms with Gasteiger partial charge in [-0.25, -0.2) is 9.78 Å². The van der Waals surface area contributed by atoms with Gasteiger partial charge >= 0.3 is 5.97 Å². The molecule has 1 aromatic rings. The van der Waals surface area contributed by atoms with Gasteiger partial charge in [-0.05, 0) is 25.1 Å². The Morgan fingerprint density at radius 1 is 1.56 bits per heavy atom. The Morgan fingerprint density at radius 2 is 2.28 bits per heavy atom. The number of nitrogens with zero attached hydrogens (tertiary/aromatic N) is 2. The quantitative estimate of drug-likeness (QED) is 0.341. The molecule has 0 N–H and O–H groups in total. The first-order chi connectivity index (χ1) is 8.50. The number of carbonyl (C=O) groups excluding carboxylic acids is 2. The summed E-state index contributed by atoms with van der Waals surface area (Å²) in [6, 6.07) is 0. The van der Waals surface area contributed by atoms with Crippen molar-refractivity contribution in [3.63, 3.8) is 0 Å². The molecular weight excluding hydrogens is 252 g/mol. The first-order valence-corrected chi connectivity index (χ1v) is 6.33. The zero-order valence-electron chi connectivity index (χ0n) is 10.5. The predicted molar refractivity (Wildman–Crippen MR) is 69.1 cm³/mol. The molecule has 0 aliphatic carbocycles. The van der Waals surface area contributed by atoms with Crippen LogP contribution < -0.4 is 0 Å². The number of aromatic nitrogens is 2. The minimum atomic E-state index is -0.417. The minimum Gasteiger partial charge on any atom is -0.462 e. The molecule has 0 bridgehead atoms. The van der Waals surface area contributed by atoms with Crippen LogP contribution in [0.15, 0.2) is 29.7 Å². The van der Waals surface area contributed by atoms with Crippen LogP contribution in [0.1, 0.15) is 19.8 Å². The number of carbonyl (C=O) groups is 2. The second kappa shape index (κ2) is 7.00. The second-order valence-corrected chi connectivity index (χ2v) is 4.84. The summed E-state index contributed by atoms with van der Waals surface area (Å²) in [7, 11) is 1.83. The van der Waals surface area contributed by atoms with Crippen molar-refractivity contribution >= 4 is 22.8 Å². The van der Waals surface area contributed by atoms with E-state index in [0.29, 0.717) is 23.6 Å². The molecule has 0 fully saturated rings. The Labute approximate surface area is 110 Å². The fraction of sp³-hybridized carbons (Fsp3) is 0.417. The first kappa shape index (κ1) is 14.5. The Hall–Kier alpha value is -1.56. The molecule has 0 saturated carbocycles. The van der Waals surface area contributed by atoms with E-state index in [0.717, 1.165) is 11.8 Å². The van der Waals surface area contributed by atoms with Crippen LogP contribution in [0.25, 0.3) is 0 Å². The zero-order chi connectivity index (χ0) is 13.5. The summed E-state index contributed by atoms with van der Waals surface area (Å²) >= 11 is 1.10. The molecule has 0 aliphatic rings. The Balaban J connectivity index is 2.20. The van der Waals surface area contributed by atoms with Gasteiger partial charge < -0.3 is 9.30 Å². The van der Waals surface area contributed by atoms with Crippen LogP contribution in [0.4, 0.5) is 0 Å². The van der Waals surface area contributed by atoms with Crippen molar-refractivity contribution in [1.29, 1.82) is 0 Å². The summed E-state index contributed by atoms with van der Waals surface area (Å²) < 4.78 is 6.67. The van der Waals surface area contributed by atoms with Gasteiger partial charge in [0, 0.05) is 31.4 Å². The summed E-state index contributed by atoms with van der Waals surface area (Å²) in [6.07, 6.45) is 4.28. The molecule has 0 spiro atoms. The van der Waals surface area contributed by atoms with E-state index in [4.69, 9.17) is 4.74 Å². The summed E-state index contributed by atoms with van der Waals surface area (Å²) in [4.78, 5) is 26.7. The third-order valence-electron chi connectivity index (χ3n) is 2.09. The molecule has 0 unspecified atom stereocenters. The van der Waals surface area contributed by atoms with E-state index in [-0.39, 0.29) is 11.7 Å². The first-order valence-electron chi connectivity index (χ1n) is 5.51. The molecule has 0 atom stereocenters. The molecule has 98 valence electrons. The third-order valence-corrected chi connectivity index (χ3v) is 3.10. The Kier molecular flexibility index (Phi) is 5.64. The Bertz CT molecular complexity index is 454. The van der Waals surface area contributed by atoms with E-state index in [1.807, 2.05) is 7.05 Å². The van der Waals surface area contributed by atoms with E-state index >= 15 is 0 Å². The normalized spacial score (nSPS) is 10.1. The van der Waals surface area contributed by atoms with Gasteiger partial charge in [0.05, 0.1) is 6.61 Å². The molecule has 1 aromatic heterocycles. The second-order valence-electron chi connectivity index (χ2n) is 3.81. The minimum absolute atomic E-state index is 0.00988. The van der Waals surface area contributed by atoms with Gasteiger partial charge in [0.15, 0.2) is 10.3 Å². The van der Waals surface area contributed by atoms with Crippen molar-refractivity contribution in [2.45, 2.75) is 24.9 Å². The fourth-order valence-electron chi connectivity index (χ4n) is 1.11. The summed E-state index contributed by atoms with van der Waals surface area (Å²) in [5, 5.41) is 0.676. The highest BCUT2D eigenvalue weighted by atomic mass is 32.2. The SMILES string of the molecule is C=C(C)C(=O)OCCCC(=O)Sc1nccn1C. The lowest BCUT2D eigenvalue weighted by molar-refractivity contribution is -0.139. The highest BCUT2D eigenvalue weighted by molar-refractivity contribution is 8.13.